The smallest absolute Gasteiger partial charge is 0.253 e. The Morgan fingerprint density at radius 2 is 1.59 bits per heavy atom. The minimum atomic E-state index is -0.605. The number of likely N-dealkylation sites (N-methyl/N-ethyl adjacent to an activating group) is 1. The van der Waals surface area contributed by atoms with Gasteiger partial charge in [-0.05, 0) is 87.7 Å². The number of anilines is 2. The largest absolute Gasteiger partial charge is 0.496 e. The fraction of sp³-hybridized carbons (Fsp3) is 0.429. The normalized spacial score (nSPS) is 21.8. The van der Waals surface area contributed by atoms with E-state index in [1.165, 1.54) is 18.9 Å². The first-order valence-corrected chi connectivity index (χ1v) is 16.1. The van der Waals surface area contributed by atoms with Crippen LogP contribution in [0.4, 0.5) is 11.5 Å². The molecule has 3 aliphatic rings. The fourth-order valence-electron chi connectivity index (χ4n) is 7.05. The highest BCUT2D eigenvalue weighted by atomic mass is 16.5. The Morgan fingerprint density at radius 1 is 0.913 bits per heavy atom. The van der Waals surface area contributed by atoms with Crippen molar-refractivity contribution in [2.24, 2.45) is 5.73 Å². The van der Waals surface area contributed by atoms with Crippen LogP contribution < -0.4 is 30.9 Å². The summed E-state index contributed by atoms with van der Waals surface area (Å²) in [5, 5.41) is 6.29. The molecule has 3 saturated heterocycles. The lowest BCUT2D eigenvalue weighted by molar-refractivity contribution is 0.0922. The number of nitrogens with two attached hydrogens (primary N) is 1. The summed E-state index contributed by atoms with van der Waals surface area (Å²) in [6.07, 6.45) is 5.30. The van der Waals surface area contributed by atoms with Gasteiger partial charge in [0.25, 0.3) is 17.7 Å². The molecule has 4 N–H and O–H groups in total. The van der Waals surface area contributed by atoms with Crippen molar-refractivity contribution in [2.75, 3.05) is 50.1 Å². The number of benzene rings is 2. The van der Waals surface area contributed by atoms with Crippen molar-refractivity contribution in [1.29, 1.82) is 0 Å². The number of carbonyl (C=O) groups is 3. The molecule has 242 valence electrons. The minimum absolute atomic E-state index is 0.0187. The van der Waals surface area contributed by atoms with Gasteiger partial charge >= 0.3 is 0 Å². The Bertz CT molecular complexity index is 1560. The monoisotopic (exact) mass is 625 g/mol. The zero-order chi connectivity index (χ0) is 32.4. The van der Waals surface area contributed by atoms with E-state index in [-0.39, 0.29) is 47.3 Å². The number of hydrogen-bond acceptors (Lipinski definition) is 8. The van der Waals surface area contributed by atoms with Crippen LogP contribution in [0.25, 0.3) is 0 Å². The molecular weight excluding hydrogens is 582 g/mol. The van der Waals surface area contributed by atoms with Crippen LogP contribution >= 0.6 is 0 Å². The van der Waals surface area contributed by atoms with E-state index in [2.05, 4.69) is 56.6 Å². The van der Waals surface area contributed by atoms with E-state index in [9.17, 15) is 14.4 Å². The molecule has 2 aromatic carbocycles. The van der Waals surface area contributed by atoms with Gasteiger partial charge in [0, 0.05) is 61.8 Å². The number of nitrogens with zero attached hydrogens (tertiary/aromatic N) is 4. The summed E-state index contributed by atoms with van der Waals surface area (Å²) in [7, 11) is 3.60. The van der Waals surface area contributed by atoms with Crippen LogP contribution in [0.1, 0.15) is 75.3 Å². The second-order valence-electron chi connectivity index (χ2n) is 12.7. The summed E-state index contributed by atoms with van der Waals surface area (Å²) < 4.78 is 5.26. The van der Waals surface area contributed by atoms with E-state index in [1.54, 1.807) is 18.3 Å². The van der Waals surface area contributed by atoms with E-state index in [4.69, 9.17) is 15.5 Å². The Labute approximate surface area is 270 Å². The van der Waals surface area contributed by atoms with Crippen molar-refractivity contribution >= 4 is 29.2 Å². The maximum absolute atomic E-state index is 13.1. The molecule has 0 aliphatic carbocycles. The van der Waals surface area contributed by atoms with Crippen molar-refractivity contribution in [1.82, 2.24) is 20.5 Å². The second-order valence-corrected chi connectivity index (χ2v) is 12.7. The van der Waals surface area contributed by atoms with Crippen LogP contribution in [-0.2, 0) is 0 Å². The van der Waals surface area contributed by atoms with E-state index in [0.29, 0.717) is 11.1 Å². The highest BCUT2D eigenvalue weighted by molar-refractivity contribution is 5.99. The molecule has 3 fully saturated rings. The highest BCUT2D eigenvalue weighted by Crippen LogP contribution is 2.38. The summed E-state index contributed by atoms with van der Waals surface area (Å²) in [6.45, 7) is 6.16. The maximum Gasteiger partial charge on any atom is 0.253 e. The Kier molecular flexibility index (Phi) is 9.12. The number of fused-ring (bicyclic) bond motifs is 2. The predicted molar refractivity (Wildman–Crippen MR) is 178 cm³/mol. The summed E-state index contributed by atoms with van der Waals surface area (Å²) in [4.78, 5) is 49.6. The van der Waals surface area contributed by atoms with Crippen molar-refractivity contribution in [3.63, 3.8) is 0 Å². The van der Waals surface area contributed by atoms with E-state index in [0.717, 1.165) is 63.2 Å². The Morgan fingerprint density at radius 3 is 2.20 bits per heavy atom. The van der Waals surface area contributed by atoms with Crippen molar-refractivity contribution in [3.05, 3.63) is 83.0 Å². The molecule has 4 heterocycles. The van der Waals surface area contributed by atoms with Gasteiger partial charge in [-0.3, -0.25) is 14.4 Å². The van der Waals surface area contributed by atoms with Crippen LogP contribution in [0.5, 0.6) is 5.75 Å². The lowest BCUT2D eigenvalue weighted by Gasteiger charge is -2.40. The molecule has 0 spiro atoms. The third-order valence-corrected chi connectivity index (χ3v) is 9.68. The number of methoxy groups -OCH3 is 1. The SMILES string of the molecule is COc1cc(C(=O)N[C@H]2C[C@H]3CC[C@@H](C2)N3c2ccc(C(=O)N[C@@H](C)c3ccc(N4CCN(C)CC4)cc3)cn2)ccc1C(N)=O. The molecule has 46 heavy (non-hydrogen) atoms. The van der Waals surface area contributed by atoms with Gasteiger partial charge < -0.3 is 35.8 Å². The Hall–Kier alpha value is -4.64. The molecule has 6 rings (SSSR count). The number of primary amides is 1. The van der Waals surface area contributed by atoms with Gasteiger partial charge in [0.1, 0.15) is 11.6 Å². The van der Waals surface area contributed by atoms with Gasteiger partial charge in [0.2, 0.25) is 0 Å². The summed E-state index contributed by atoms with van der Waals surface area (Å²) in [6, 6.07) is 17.3. The first-order valence-electron chi connectivity index (χ1n) is 16.1. The lowest BCUT2D eigenvalue weighted by Crippen LogP contribution is -2.50. The summed E-state index contributed by atoms with van der Waals surface area (Å²) in [5.41, 5.74) is 8.86. The van der Waals surface area contributed by atoms with Crippen molar-refractivity contribution < 1.29 is 19.1 Å². The average molecular weight is 626 g/mol. The average Bonchev–Trinajstić information content (AvgIpc) is 3.34. The summed E-state index contributed by atoms with van der Waals surface area (Å²) >= 11 is 0. The maximum atomic E-state index is 13.1. The van der Waals surface area contributed by atoms with Crippen LogP contribution in [0.15, 0.2) is 60.8 Å². The lowest BCUT2D eigenvalue weighted by atomic mass is 9.96. The molecule has 1 aromatic heterocycles. The molecule has 2 bridgehead atoms. The molecular formula is C35H43N7O4. The third kappa shape index (κ3) is 6.64. The number of rotatable bonds is 9. The highest BCUT2D eigenvalue weighted by Gasteiger charge is 2.42. The number of nitrogens with one attached hydrogen (secondary N) is 2. The minimum Gasteiger partial charge on any atom is -0.496 e. The van der Waals surface area contributed by atoms with E-state index in [1.807, 2.05) is 19.1 Å². The predicted octanol–water partition coefficient (Wildman–Crippen LogP) is 3.36. The zero-order valence-corrected chi connectivity index (χ0v) is 26.7. The second kappa shape index (κ2) is 13.4. The van der Waals surface area contributed by atoms with Gasteiger partial charge in [0.05, 0.1) is 24.3 Å². The quantitative estimate of drug-likeness (QED) is 0.330. The number of carbonyl (C=O) groups excluding carboxylic acids is 3. The number of hydrogen-bond donors (Lipinski definition) is 3. The van der Waals surface area contributed by atoms with Crippen LogP contribution in [0, 0.1) is 0 Å². The first-order chi connectivity index (χ1) is 22.2. The van der Waals surface area contributed by atoms with Gasteiger partial charge in [-0.2, -0.15) is 0 Å². The molecule has 0 saturated carbocycles. The standard InChI is InChI=1S/C35H43N7O4/c1-22(23-4-8-27(9-5-23)41-16-14-40(2)15-17-41)38-35(45)25-7-13-32(37-21-25)42-28-10-11-29(42)20-26(19-28)39-34(44)24-6-12-30(33(36)43)31(18-24)46-3/h4-9,12-13,18,21-22,26,28-29H,10-11,14-17,19-20H2,1-3H3,(H2,36,43)(H,38,45)(H,39,44)/t22-,26-,28+,29-/m0/s1. The number of amides is 3. The van der Waals surface area contributed by atoms with E-state index >= 15 is 0 Å². The summed E-state index contributed by atoms with van der Waals surface area (Å²) in [5.74, 6) is 0.170. The molecule has 11 heteroatoms. The zero-order valence-electron chi connectivity index (χ0n) is 26.7. The van der Waals surface area contributed by atoms with Crippen LogP contribution in [0.3, 0.4) is 0 Å². The van der Waals surface area contributed by atoms with Crippen LogP contribution in [0.2, 0.25) is 0 Å². The molecule has 3 aromatic rings. The van der Waals surface area contributed by atoms with Crippen molar-refractivity contribution in [3.8, 4) is 5.75 Å². The van der Waals surface area contributed by atoms with Gasteiger partial charge in [0.15, 0.2) is 0 Å². The Balaban J connectivity index is 1.03. The first kappa shape index (κ1) is 31.3. The van der Waals surface area contributed by atoms with Crippen molar-refractivity contribution in [2.45, 2.75) is 56.8 Å². The number of aromatic nitrogens is 1. The number of piperazine rings is 1. The fourth-order valence-corrected chi connectivity index (χ4v) is 7.05. The van der Waals surface area contributed by atoms with Gasteiger partial charge in [-0.25, -0.2) is 4.98 Å². The molecule has 3 amide bonds. The molecule has 3 aliphatic heterocycles. The van der Waals surface area contributed by atoms with E-state index < -0.39 is 5.91 Å². The topological polar surface area (TPSA) is 133 Å². The molecule has 0 unspecified atom stereocenters. The number of piperidine rings is 1. The number of pyridine rings is 1. The van der Waals surface area contributed by atoms with Crippen LogP contribution in [-0.4, -0.2) is 86.1 Å². The third-order valence-electron chi connectivity index (χ3n) is 9.68. The molecule has 4 atom stereocenters. The number of ether oxygens (including phenoxy) is 1. The van der Waals surface area contributed by atoms with Gasteiger partial charge in [-0.1, -0.05) is 12.1 Å². The van der Waals surface area contributed by atoms with Gasteiger partial charge in [-0.15, -0.1) is 0 Å². The molecule has 11 nitrogen and oxygen atoms in total. The molecule has 0 radical (unpaired) electrons.